The molecule has 2 heterocycles. The topological polar surface area (TPSA) is 73.7 Å². The van der Waals surface area contributed by atoms with Crippen LogP contribution in [0.15, 0.2) is 6.20 Å². The monoisotopic (exact) mass is 357 g/mol. The molecule has 0 aliphatic carbocycles. The number of rotatable bonds is 3. The number of hydrogen-bond acceptors (Lipinski definition) is 5. The van der Waals surface area contributed by atoms with Gasteiger partial charge in [0.1, 0.15) is 11.2 Å². The molecule has 0 saturated carbocycles. The highest BCUT2D eigenvalue weighted by Crippen LogP contribution is 2.29. The van der Waals surface area contributed by atoms with E-state index in [4.69, 9.17) is 21.1 Å². The number of amides is 1. The van der Waals surface area contributed by atoms with Crippen LogP contribution in [-0.4, -0.2) is 51.5 Å². The van der Waals surface area contributed by atoms with Gasteiger partial charge in [-0.1, -0.05) is 11.6 Å². The fourth-order valence-corrected chi connectivity index (χ4v) is 2.88. The first-order valence-electron chi connectivity index (χ1n) is 7.96. The first-order chi connectivity index (χ1) is 11.2. The van der Waals surface area contributed by atoms with Gasteiger partial charge in [-0.2, -0.15) is 5.10 Å². The molecule has 7 nitrogen and oxygen atoms in total. The first-order valence-corrected chi connectivity index (χ1v) is 8.49. The highest BCUT2D eigenvalue weighted by molar-refractivity contribution is 6.17. The van der Waals surface area contributed by atoms with Crippen molar-refractivity contribution in [3.05, 3.63) is 17.5 Å². The predicted octanol–water partition coefficient (Wildman–Crippen LogP) is 2.89. The quantitative estimate of drug-likeness (QED) is 0.614. The van der Waals surface area contributed by atoms with E-state index in [-0.39, 0.29) is 18.1 Å². The van der Waals surface area contributed by atoms with E-state index in [1.807, 2.05) is 20.8 Å². The van der Waals surface area contributed by atoms with Crippen LogP contribution in [0, 0.1) is 0 Å². The Labute approximate surface area is 146 Å². The Hall–Kier alpha value is -1.76. The number of piperidine rings is 1. The number of ether oxygens (including phenoxy) is 2. The Kier molecular flexibility index (Phi) is 5.74. The second kappa shape index (κ2) is 7.42. The van der Waals surface area contributed by atoms with E-state index in [0.717, 1.165) is 12.8 Å². The summed E-state index contributed by atoms with van der Waals surface area (Å²) < 4.78 is 11.9. The molecule has 8 heteroatoms. The van der Waals surface area contributed by atoms with Crippen LogP contribution in [0.5, 0.6) is 0 Å². The number of aryl methyl sites for hydroxylation is 1. The maximum absolute atomic E-state index is 12.3. The lowest BCUT2D eigenvalue weighted by Gasteiger charge is -2.33. The van der Waals surface area contributed by atoms with Crippen molar-refractivity contribution in [3.63, 3.8) is 0 Å². The van der Waals surface area contributed by atoms with Crippen LogP contribution in [-0.2, 0) is 16.5 Å². The van der Waals surface area contributed by atoms with Crippen molar-refractivity contribution in [2.75, 3.05) is 19.2 Å². The van der Waals surface area contributed by atoms with Crippen molar-refractivity contribution in [1.82, 2.24) is 14.7 Å². The average Bonchev–Trinajstić information content (AvgIpc) is 2.88. The van der Waals surface area contributed by atoms with Crippen LogP contribution in [0.1, 0.15) is 55.6 Å². The van der Waals surface area contributed by atoms with Gasteiger partial charge in [0.2, 0.25) is 0 Å². The molecule has 134 valence electrons. The first kappa shape index (κ1) is 18.6. The Morgan fingerprint density at radius 2 is 2.12 bits per heavy atom. The largest absolute Gasteiger partial charge is 0.446 e. The van der Waals surface area contributed by atoms with Crippen LogP contribution >= 0.6 is 11.6 Å². The van der Waals surface area contributed by atoms with E-state index in [0.29, 0.717) is 24.3 Å². The summed E-state index contributed by atoms with van der Waals surface area (Å²) in [7, 11) is 1.75. The van der Waals surface area contributed by atoms with Gasteiger partial charge in [-0.25, -0.2) is 9.59 Å². The molecule has 0 radical (unpaired) electrons. The van der Waals surface area contributed by atoms with Crippen molar-refractivity contribution >= 4 is 23.7 Å². The molecule has 0 bridgehead atoms. The lowest BCUT2D eigenvalue weighted by atomic mass is 9.93. The summed E-state index contributed by atoms with van der Waals surface area (Å²) in [6, 6.07) is -0.206. The van der Waals surface area contributed by atoms with E-state index < -0.39 is 11.6 Å². The number of carbonyl (C=O) groups is 2. The third-order valence-electron chi connectivity index (χ3n) is 3.72. The molecular formula is C16H24ClN3O4. The molecule has 1 unspecified atom stereocenters. The van der Waals surface area contributed by atoms with Crippen molar-refractivity contribution in [2.45, 2.75) is 45.1 Å². The Morgan fingerprint density at radius 3 is 2.75 bits per heavy atom. The van der Waals surface area contributed by atoms with E-state index in [1.165, 1.54) is 0 Å². The zero-order valence-electron chi connectivity index (χ0n) is 14.5. The molecule has 0 spiro atoms. The van der Waals surface area contributed by atoms with Gasteiger partial charge in [0.15, 0.2) is 6.07 Å². The minimum absolute atomic E-state index is 0.0367. The van der Waals surface area contributed by atoms with E-state index in [1.54, 1.807) is 22.8 Å². The minimum Gasteiger partial charge on any atom is -0.446 e. The number of carbonyl (C=O) groups excluding carboxylic acids is 2. The van der Waals surface area contributed by atoms with Crippen molar-refractivity contribution in [3.8, 4) is 0 Å². The van der Waals surface area contributed by atoms with Crippen LogP contribution in [0.2, 0.25) is 0 Å². The number of aromatic nitrogens is 2. The molecule has 0 N–H and O–H groups in total. The highest BCUT2D eigenvalue weighted by atomic mass is 35.5. The maximum Gasteiger partial charge on any atom is 0.410 e. The molecule has 2 rings (SSSR count). The molecular weight excluding hydrogens is 334 g/mol. The standard InChI is InChI=1S/C16H24ClN3O4/c1-16(2,3)24-15(22)20-7-5-6-11(8-20)13-12(9-19(4)18-13)14(21)23-10-17/h9,11H,5-8,10H2,1-4H3. The van der Waals surface area contributed by atoms with Crippen LogP contribution in [0.25, 0.3) is 0 Å². The summed E-state index contributed by atoms with van der Waals surface area (Å²) in [5, 5.41) is 4.40. The average molecular weight is 358 g/mol. The van der Waals surface area contributed by atoms with Gasteiger partial charge in [-0.15, -0.1) is 0 Å². The number of hydrogen-bond donors (Lipinski definition) is 0. The maximum atomic E-state index is 12.3. The Balaban J connectivity index is 2.15. The molecule has 1 aliphatic rings. The van der Waals surface area contributed by atoms with Crippen LogP contribution < -0.4 is 0 Å². The molecule has 1 amide bonds. The summed E-state index contributed by atoms with van der Waals surface area (Å²) in [6.45, 7) is 6.62. The summed E-state index contributed by atoms with van der Waals surface area (Å²) in [4.78, 5) is 26.0. The van der Waals surface area contributed by atoms with Crippen LogP contribution in [0.4, 0.5) is 4.79 Å². The van der Waals surface area contributed by atoms with Crippen molar-refractivity contribution in [2.24, 2.45) is 7.05 Å². The fourth-order valence-electron chi connectivity index (χ4n) is 2.78. The number of halogens is 1. The zero-order chi connectivity index (χ0) is 17.9. The summed E-state index contributed by atoms with van der Waals surface area (Å²) >= 11 is 5.48. The second-order valence-corrected chi connectivity index (χ2v) is 7.13. The molecule has 1 aromatic rings. The molecule has 1 saturated heterocycles. The van der Waals surface area contributed by atoms with Crippen LogP contribution in [0.3, 0.4) is 0 Å². The third-order valence-corrected chi connectivity index (χ3v) is 3.83. The highest BCUT2D eigenvalue weighted by Gasteiger charge is 2.32. The lowest BCUT2D eigenvalue weighted by Crippen LogP contribution is -2.42. The number of alkyl halides is 1. The summed E-state index contributed by atoms with van der Waals surface area (Å²) in [5.74, 6) is -0.534. The van der Waals surface area contributed by atoms with E-state index in [2.05, 4.69) is 5.10 Å². The lowest BCUT2D eigenvalue weighted by molar-refractivity contribution is 0.0197. The number of nitrogens with zero attached hydrogens (tertiary/aromatic N) is 3. The smallest absolute Gasteiger partial charge is 0.410 e. The van der Waals surface area contributed by atoms with Crippen molar-refractivity contribution in [1.29, 1.82) is 0 Å². The molecule has 0 aromatic carbocycles. The molecule has 1 aliphatic heterocycles. The molecule has 1 atom stereocenters. The van der Waals surface area contributed by atoms with Gasteiger partial charge in [-0.3, -0.25) is 4.68 Å². The van der Waals surface area contributed by atoms with Crippen molar-refractivity contribution < 1.29 is 19.1 Å². The Morgan fingerprint density at radius 1 is 1.42 bits per heavy atom. The number of likely N-dealkylation sites (tertiary alicyclic amines) is 1. The normalized spacial score (nSPS) is 18.4. The van der Waals surface area contributed by atoms with Gasteiger partial charge in [0.05, 0.1) is 5.69 Å². The van der Waals surface area contributed by atoms with Gasteiger partial charge in [0, 0.05) is 32.3 Å². The molecule has 1 fully saturated rings. The Bertz CT molecular complexity index is 609. The third kappa shape index (κ3) is 4.63. The molecule has 24 heavy (non-hydrogen) atoms. The second-order valence-electron chi connectivity index (χ2n) is 6.91. The number of esters is 1. The molecule has 1 aromatic heterocycles. The van der Waals surface area contributed by atoms with Gasteiger partial charge >= 0.3 is 12.1 Å². The van der Waals surface area contributed by atoms with Gasteiger partial charge in [0.25, 0.3) is 0 Å². The minimum atomic E-state index is -0.537. The van der Waals surface area contributed by atoms with Gasteiger partial charge in [-0.05, 0) is 33.6 Å². The zero-order valence-corrected chi connectivity index (χ0v) is 15.3. The predicted molar refractivity (Wildman–Crippen MR) is 89.1 cm³/mol. The van der Waals surface area contributed by atoms with E-state index >= 15 is 0 Å². The summed E-state index contributed by atoms with van der Waals surface area (Å²) in [5.41, 5.74) is 0.500. The van der Waals surface area contributed by atoms with E-state index in [9.17, 15) is 9.59 Å². The SMILES string of the molecule is Cn1cc(C(=O)OCCl)c(C2CCCN(C(=O)OC(C)(C)C)C2)n1. The van der Waals surface area contributed by atoms with Gasteiger partial charge < -0.3 is 14.4 Å². The fraction of sp³-hybridized carbons (Fsp3) is 0.688. The summed E-state index contributed by atoms with van der Waals surface area (Å²) in [6.07, 6.45) is 2.95.